The molecule has 1 N–H and O–H groups in total. The van der Waals surface area contributed by atoms with Gasteiger partial charge in [-0.3, -0.25) is 0 Å². The average molecular weight is 460 g/mol. The van der Waals surface area contributed by atoms with E-state index in [9.17, 15) is 4.39 Å². The first-order chi connectivity index (χ1) is 16.6. The summed E-state index contributed by atoms with van der Waals surface area (Å²) < 4.78 is 27.6. The van der Waals surface area contributed by atoms with Crippen LogP contribution in [0.25, 0.3) is 0 Å². The van der Waals surface area contributed by atoms with Crippen molar-refractivity contribution in [3.8, 4) is 5.75 Å². The highest BCUT2D eigenvalue weighted by Crippen LogP contribution is 2.44. The van der Waals surface area contributed by atoms with Crippen LogP contribution in [0, 0.1) is 5.82 Å². The standard InChI is InChI=1S/C30H34FNO2/c1-22-30(17-19-32-20-18-30)34-29(27-21-25(31)15-16-28(27)33-22)14-8-13-26(23-9-4-2-5-10-23)24-11-6-3-7-12-24/h2-7,9-12,15-16,21-22,26,29,32H,8,13-14,17-20H2,1H3. The van der Waals surface area contributed by atoms with Crippen molar-refractivity contribution in [2.24, 2.45) is 0 Å². The molecule has 3 nitrogen and oxygen atoms in total. The second kappa shape index (κ2) is 10.3. The predicted molar refractivity (Wildman–Crippen MR) is 134 cm³/mol. The van der Waals surface area contributed by atoms with Crippen molar-refractivity contribution in [3.63, 3.8) is 0 Å². The highest BCUT2D eigenvalue weighted by molar-refractivity contribution is 5.37. The Labute approximate surface area is 202 Å². The van der Waals surface area contributed by atoms with Crippen LogP contribution in [0.5, 0.6) is 5.75 Å². The van der Waals surface area contributed by atoms with Gasteiger partial charge in [0.15, 0.2) is 0 Å². The Bertz CT molecular complexity index is 1030. The van der Waals surface area contributed by atoms with Crippen molar-refractivity contribution in [3.05, 3.63) is 101 Å². The molecule has 1 spiro atoms. The fourth-order valence-electron chi connectivity index (χ4n) is 5.61. The van der Waals surface area contributed by atoms with Crippen molar-refractivity contribution < 1.29 is 13.9 Å². The third-order valence-corrected chi connectivity index (χ3v) is 7.55. The maximum atomic E-state index is 14.3. The summed E-state index contributed by atoms with van der Waals surface area (Å²) in [5, 5.41) is 3.44. The van der Waals surface area contributed by atoms with E-state index in [0.717, 1.165) is 56.5 Å². The Kier molecular flexibility index (Phi) is 6.98. The van der Waals surface area contributed by atoms with Crippen molar-refractivity contribution in [1.82, 2.24) is 5.32 Å². The number of hydrogen-bond donors (Lipinski definition) is 1. The molecule has 2 aliphatic rings. The van der Waals surface area contributed by atoms with Crippen molar-refractivity contribution >= 4 is 0 Å². The van der Waals surface area contributed by atoms with Gasteiger partial charge in [0.25, 0.3) is 0 Å². The van der Waals surface area contributed by atoms with Crippen LogP contribution in [0.4, 0.5) is 4.39 Å². The molecule has 178 valence electrons. The number of fused-ring (bicyclic) bond motifs is 1. The maximum Gasteiger partial charge on any atom is 0.125 e. The maximum absolute atomic E-state index is 14.3. The van der Waals surface area contributed by atoms with Gasteiger partial charge in [-0.2, -0.15) is 0 Å². The van der Waals surface area contributed by atoms with E-state index in [4.69, 9.17) is 9.47 Å². The summed E-state index contributed by atoms with van der Waals surface area (Å²) in [6.07, 6.45) is 4.35. The molecule has 1 saturated heterocycles. The molecule has 34 heavy (non-hydrogen) atoms. The van der Waals surface area contributed by atoms with Gasteiger partial charge in [0.05, 0.1) is 6.10 Å². The van der Waals surface area contributed by atoms with E-state index in [1.54, 1.807) is 12.1 Å². The van der Waals surface area contributed by atoms with Crippen LogP contribution in [-0.2, 0) is 4.74 Å². The fraction of sp³-hybridized carbons (Fsp3) is 0.400. The number of piperidine rings is 1. The topological polar surface area (TPSA) is 30.5 Å². The molecule has 3 aromatic rings. The molecule has 1 fully saturated rings. The molecular formula is C30H34FNO2. The normalized spacial score (nSPS) is 21.6. The number of rotatable bonds is 6. The summed E-state index contributed by atoms with van der Waals surface area (Å²) in [6.45, 7) is 3.92. The fourth-order valence-corrected chi connectivity index (χ4v) is 5.61. The molecular weight excluding hydrogens is 425 g/mol. The van der Waals surface area contributed by atoms with Gasteiger partial charge in [0, 0.05) is 11.5 Å². The zero-order valence-corrected chi connectivity index (χ0v) is 19.9. The largest absolute Gasteiger partial charge is 0.487 e. The SMILES string of the molecule is CC1Oc2ccc(F)cc2C(CCCC(c2ccccc2)c2ccccc2)OC12CCNCC2. The summed E-state index contributed by atoms with van der Waals surface area (Å²) in [7, 11) is 0. The van der Waals surface area contributed by atoms with Crippen LogP contribution in [-0.4, -0.2) is 24.8 Å². The summed E-state index contributed by atoms with van der Waals surface area (Å²) >= 11 is 0. The van der Waals surface area contributed by atoms with Gasteiger partial charge in [-0.1, -0.05) is 60.7 Å². The lowest BCUT2D eigenvalue weighted by molar-refractivity contribution is -0.151. The second-order valence-corrected chi connectivity index (χ2v) is 9.67. The molecule has 3 aromatic carbocycles. The van der Waals surface area contributed by atoms with E-state index < -0.39 is 0 Å². The molecule has 0 saturated carbocycles. The van der Waals surface area contributed by atoms with Gasteiger partial charge < -0.3 is 14.8 Å². The van der Waals surface area contributed by atoms with Gasteiger partial charge in [-0.15, -0.1) is 0 Å². The van der Waals surface area contributed by atoms with Crippen LogP contribution in [0.2, 0.25) is 0 Å². The van der Waals surface area contributed by atoms with Gasteiger partial charge in [-0.25, -0.2) is 4.39 Å². The van der Waals surface area contributed by atoms with Crippen LogP contribution in [0.3, 0.4) is 0 Å². The minimum absolute atomic E-state index is 0.0785. The molecule has 0 radical (unpaired) electrons. The highest BCUT2D eigenvalue weighted by atomic mass is 19.1. The summed E-state index contributed by atoms with van der Waals surface area (Å²) in [4.78, 5) is 0. The summed E-state index contributed by atoms with van der Waals surface area (Å²) in [5.74, 6) is 0.844. The predicted octanol–water partition coefficient (Wildman–Crippen LogP) is 6.79. The molecule has 0 aromatic heterocycles. The third kappa shape index (κ3) is 4.89. The first kappa shape index (κ1) is 23.1. The Morgan fingerprint density at radius 2 is 1.59 bits per heavy atom. The van der Waals surface area contributed by atoms with Crippen LogP contribution in [0.15, 0.2) is 78.9 Å². The second-order valence-electron chi connectivity index (χ2n) is 9.67. The molecule has 5 rings (SSSR count). The molecule has 0 amide bonds. The van der Waals surface area contributed by atoms with Gasteiger partial charge >= 0.3 is 0 Å². The Balaban J connectivity index is 1.39. The number of halogens is 1. The Morgan fingerprint density at radius 3 is 2.24 bits per heavy atom. The quantitative estimate of drug-likeness (QED) is 0.440. The van der Waals surface area contributed by atoms with E-state index >= 15 is 0 Å². The van der Waals surface area contributed by atoms with Crippen molar-refractivity contribution in [2.45, 2.75) is 62.8 Å². The van der Waals surface area contributed by atoms with Gasteiger partial charge in [-0.05, 0) is 81.4 Å². The Hall–Kier alpha value is -2.69. The highest BCUT2D eigenvalue weighted by Gasteiger charge is 2.45. The van der Waals surface area contributed by atoms with Crippen LogP contribution >= 0.6 is 0 Å². The number of nitrogens with one attached hydrogen (secondary N) is 1. The van der Waals surface area contributed by atoms with Crippen LogP contribution in [0.1, 0.15) is 67.7 Å². The first-order valence-corrected chi connectivity index (χ1v) is 12.6. The molecule has 0 aliphatic carbocycles. The smallest absolute Gasteiger partial charge is 0.125 e. The number of benzene rings is 3. The molecule has 4 heteroatoms. The zero-order valence-electron chi connectivity index (χ0n) is 19.9. The van der Waals surface area contributed by atoms with Gasteiger partial charge in [0.1, 0.15) is 23.3 Å². The summed E-state index contributed by atoms with van der Waals surface area (Å²) in [6, 6.07) is 26.3. The molecule has 2 aliphatic heterocycles. The van der Waals surface area contributed by atoms with E-state index in [0.29, 0.717) is 5.92 Å². The van der Waals surface area contributed by atoms with E-state index in [2.05, 4.69) is 72.9 Å². The van der Waals surface area contributed by atoms with E-state index in [-0.39, 0.29) is 23.6 Å². The average Bonchev–Trinajstić information content (AvgIpc) is 2.98. The van der Waals surface area contributed by atoms with E-state index in [1.165, 1.54) is 17.2 Å². The van der Waals surface area contributed by atoms with Gasteiger partial charge in [0.2, 0.25) is 0 Å². The minimum Gasteiger partial charge on any atom is -0.487 e. The minimum atomic E-state index is -0.344. The molecule has 0 bridgehead atoms. The third-order valence-electron chi connectivity index (χ3n) is 7.55. The lowest BCUT2D eigenvalue weighted by Crippen LogP contribution is -2.52. The lowest BCUT2D eigenvalue weighted by Gasteiger charge is -2.42. The Morgan fingerprint density at radius 1 is 0.941 bits per heavy atom. The van der Waals surface area contributed by atoms with Crippen molar-refractivity contribution in [1.29, 1.82) is 0 Å². The monoisotopic (exact) mass is 459 g/mol. The molecule has 2 unspecified atom stereocenters. The summed E-state index contributed by atoms with van der Waals surface area (Å²) in [5.41, 5.74) is 3.16. The van der Waals surface area contributed by atoms with Crippen LogP contribution < -0.4 is 10.1 Å². The molecule has 2 heterocycles. The number of hydrogen-bond acceptors (Lipinski definition) is 3. The molecule has 2 atom stereocenters. The lowest BCUT2D eigenvalue weighted by atomic mass is 9.85. The number of ether oxygens (including phenoxy) is 2. The van der Waals surface area contributed by atoms with Crippen molar-refractivity contribution in [2.75, 3.05) is 13.1 Å². The zero-order chi connectivity index (χ0) is 23.4. The first-order valence-electron chi connectivity index (χ1n) is 12.6. The van der Waals surface area contributed by atoms with E-state index in [1.807, 2.05) is 0 Å².